The second-order valence-corrected chi connectivity index (χ2v) is 10.1. The molecule has 0 spiro atoms. The molecule has 12 heteroatoms. The second kappa shape index (κ2) is 13.9. The lowest BCUT2D eigenvalue weighted by Crippen LogP contribution is -2.65. The maximum Gasteiger partial charge on any atom is 0.407 e. The molecule has 2 amide bonds. The lowest BCUT2D eigenvalue weighted by Gasteiger charge is -2.43. The Labute approximate surface area is 243 Å². The second-order valence-electron chi connectivity index (χ2n) is 10.1. The topological polar surface area (TPSA) is 173 Å². The molecule has 1 fully saturated rings. The summed E-state index contributed by atoms with van der Waals surface area (Å²) < 4.78 is 22.2. The van der Waals surface area contributed by atoms with Gasteiger partial charge >= 0.3 is 12.1 Å². The van der Waals surface area contributed by atoms with E-state index < -0.39 is 67.4 Å². The minimum atomic E-state index is -1.56. The number of hydrogen-bond acceptors (Lipinski definition) is 10. The summed E-state index contributed by atoms with van der Waals surface area (Å²) in [6.07, 6.45) is -6.41. The van der Waals surface area contributed by atoms with Gasteiger partial charge in [0.25, 0.3) is 0 Å². The predicted octanol–water partition coefficient (Wildman–Crippen LogP) is 0.972. The highest BCUT2D eigenvalue weighted by atomic mass is 16.7. The van der Waals surface area contributed by atoms with E-state index >= 15 is 0 Å². The molecule has 42 heavy (non-hydrogen) atoms. The molecule has 7 atom stereocenters. The number of carbonyl (C=O) groups is 3. The Kier molecular flexibility index (Phi) is 10.3. The summed E-state index contributed by atoms with van der Waals surface area (Å²) in [5.41, 5.74) is 4.15. The van der Waals surface area contributed by atoms with Crippen LogP contribution in [0.3, 0.4) is 0 Å². The Morgan fingerprint density at radius 2 is 1.64 bits per heavy atom. The van der Waals surface area contributed by atoms with E-state index in [2.05, 4.69) is 17.2 Å². The lowest BCUT2D eigenvalue weighted by molar-refractivity contribution is -0.282. The number of amides is 2. The minimum Gasteiger partial charge on any atom is -0.460 e. The van der Waals surface area contributed by atoms with Gasteiger partial charge in [0.2, 0.25) is 5.91 Å². The quantitative estimate of drug-likeness (QED) is 0.189. The summed E-state index contributed by atoms with van der Waals surface area (Å²) in [6, 6.07) is 13.1. The fourth-order valence-electron chi connectivity index (χ4n) is 5.24. The van der Waals surface area contributed by atoms with Crippen molar-refractivity contribution in [2.45, 2.75) is 62.6 Å². The zero-order chi connectivity index (χ0) is 30.4. The molecule has 226 valence electrons. The highest BCUT2D eigenvalue weighted by Crippen LogP contribution is 2.44. The Hall–Kier alpha value is -3.81. The molecule has 5 unspecified atom stereocenters. The van der Waals surface area contributed by atoms with Crippen LogP contribution < -0.4 is 10.6 Å². The van der Waals surface area contributed by atoms with E-state index in [1.54, 1.807) is 0 Å². The molecule has 1 heterocycles. The predicted molar refractivity (Wildman–Crippen MR) is 149 cm³/mol. The Bertz CT molecular complexity index is 1240. The van der Waals surface area contributed by atoms with Crippen LogP contribution in [0.5, 0.6) is 0 Å². The van der Waals surface area contributed by atoms with Crippen molar-refractivity contribution in [1.29, 1.82) is 0 Å². The fraction of sp³-hybridized carbons (Fsp3) is 0.433. The van der Waals surface area contributed by atoms with Crippen molar-refractivity contribution in [3.63, 3.8) is 0 Å². The third-order valence-electron chi connectivity index (χ3n) is 7.28. The SMILES string of the molecule is C=CCOC(=O)[C@H](NC(=O)OCC1c2ccccc2-c2ccccc21)[C@H](C)OC1OC(CO)C(O)C(O)C1NC(C)=O. The fourth-order valence-corrected chi connectivity index (χ4v) is 5.24. The number of hydrogen-bond donors (Lipinski definition) is 5. The van der Waals surface area contributed by atoms with E-state index in [4.69, 9.17) is 18.9 Å². The highest BCUT2D eigenvalue weighted by Gasteiger charge is 2.47. The van der Waals surface area contributed by atoms with E-state index in [-0.39, 0.29) is 19.1 Å². The van der Waals surface area contributed by atoms with Gasteiger partial charge in [-0.25, -0.2) is 9.59 Å². The maximum atomic E-state index is 13.0. The summed E-state index contributed by atoms with van der Waals surface area (Å²) in [7, 11) is 0. The monoisotopic (exact) mass is 584 g/mol. The van der Waals surface area contributed by atoms with Crippen LogP contribution in [-0.2, 0) is 28.5 Å². The normalized spacial score (nSPS) is 24.5. The van der Waals surface area contributed by atoms with E-state index in [0.29, 0.717) is 0 Å². The zero-order valence-electron chi connectivity index (χ0n) is 23.3. The molecule has 0 saturated carbocycles. The summed E-state index contributed by atoms with van der Waals surface area (Å²) in [4.78, 5) is 37.7. The summed E-state index contributed by atoms with van der Waals surface area (Å²) in [5.74, 6) is -1.61. The summed E-state index contributed by atoms with van der Waals surface area (Å²) in [5, 5.41) is 35.4. The average Bonchev–Trinajstić information content (AvgIpc) is 3.30. The largest absolute Gasteiger partial charge is 0.460 e. The zero-order valence-corrected chi connectivity index (χ0v) is 23.3. The van der Waals surface area contributed by atoms with Crippen molar-refractivity contribution in [2.24, 2.45) is 0 Å². The first kappa shape index (κ1) is 31.1. The van der Waals surface area contributed by atoms with Gasteiger partial charge in [-0.2, -0.15) is 0 Å². The molecule has 0 aromatic heterocycles. The summed E-state index contributed by atoms with van der Waals surface area (Å²) >= 11 is 0. The lowest BCUT2D eigenvalue weighted by atomic mass is 9.96. The maximum absolute atomic E-state index is 13.0. The van der Waals surface area contributed by atoms with Gasteiger partial charge in [-0.1, -0.05) is 61.2 Å². The number of rotatable bonds is 11. The number of aliphatic hydroxyl groups is 3. The number of fused-ring (bicyclic) bond motifs is 3. The third-order valence-corrected chi connectivity index (χ3v) is 7.28. The molecule has 0 radical (unpaired) electrons. The van der Waals surface area contributed by atoms with E-state index in [1.165, 1.54) is 19.9 Å². The first-order valence-corrected chi connectivity index (χ1v) is 13.6. The van der Waals surface area contributed by atoms with Crippen molar-refractivity contribution in [1.82, 2.24) is 10.6 Å². The van der Waals surface area contributed by atoms with Crippen LogP contribution in [0.15, 0.2) is 61.2 Å². The smallest absolute Gasteiger partial charge is 0.407 e. The van der Waals surface area contributed by atoms with Crippen molar-refractivity contribution in [2.75, 3.05) is 19.8 Å². The highest BCUT2D eigenvalue weighted by molar-refractivity contribution is 5.82. The van der Waals surface area contributed by atoms with Crippen LogP contribution in [0.1, 0.15) is 30.9 Å². The van der Waals surface area contributed by atoms with Gasteiger partial charge in [0.1, 0.15) is 37.6 Å². The van der Waals surface area contributed by atoms with Crippen LogP contribution >= 0.6 is 0 Å². The molecular weight excluding hydrogens is 548 g/mol. The number of benzene rings is 2. The molecule has 1 aliphatic heterocycles. The molecule has 12 nitrogen and oxygen atoms in total. The number of esters is 1. The van der Waals surface area contributed by atoms with Crippen molar-refractivity contribution in [3.8, 4) is 11.1 Å². The number of alkyl carbamates (subject to hydrolysis) is 1. The van der Waals surface area contributed by atoms with Crippen LogP contribution in [-0.4, -0.2) is 95.9 Å². The van der Waals surface area contributed by atoms with Crippen molar-refractivity contribution >= 4 is 18.0 Å². The molecule has 1 aliphatic carbocycles. The molecule has 2 aromatic carbocycles. The first-order valence-electron chi connectivity index (χ1n) is 13.6. The third kappa shape index (κ3) is 6.80. The number of nitrogens with one attached hydrogen (secondary N) is 2. The molecule has 5 N–H and O–H groups in total. The molecule has 4 rings (SSSR count). The minimum absolute atomic E-state index is 0.00211. The van der Waals surface area contributed by atoms with E-state index in [9.17, 15) is 29.7 Å². The Morgan fingerprint density at radius 3 is 2.21 bits per heavy atom. The Morgan fingerprint density at radius 1 is 1.02 bits per heavy atom. The molecular formula is C30H36N2O10. The van der Waals surface area contributed by atoms with Gasteiger partial charge in [-0.15, -0.1) is 0 Å². The van der Waals surface area contributed by atoms with E-state index in [1.807, 2.05) is 48.5 Å². The van der Waals surface area contributed by atoms with Gasteiger partial charge in [0.05, 0.1) is 12.7 Å². The van der Waals surface area contributed by atoms with Gasteiger partial charge < -0.3 is 44.9 Å². The van der Waals surface area contributed by atoms with Crippen molar-refractivity contribution < 1.29 is 48.7 Å². The standard InChI is InChI=1S/C30H36N2O10/c1-4-13-39-28(37)24(16(2)41-29-25(31-17(3)34)27(36)26(35)23(14-33)42-29)32-30(38)40-15-22-20-11-7-5-9-18(20)19-10-6-8-12-21(19)22/h4-12,16,22-27,29,33,35-36H,1,13-15H2,2-3H3,(H,31,34)(H,32,38)/t16-,23?,24+,25?,26?,27?,29?/m0/s1. The van der Waals surface area contributed by atoms with E-state index in [0.717, 1.165) is 22.3 Å². The van der Waals surface area contributed by atoms with Gasteiger partial charge in [0, 0.05) is 12.8 Å². The molecule has 0 bridgehead atoms. The molecule has 2 aromatic rings. The average molecular weight is 585 g/mol. The number of aliphatic hydroxyl groups excluding tert-OH is 3. The van der Waals surface area contributed by atoms with Crippen LogP contribution in [0.25, 0.3) is 11.1 Å². The Balaban J connectivity index is 1.47. The van der Waals surface area contributed by atoms with Crippen LogP contribution in [0, 0.1) is 0 Å². The van der Waals surface area contributed by atoms with Crippen LogP contribution in [0.2, 0.25) is 0 Å². The summed E-state index contributed by atoms with van der Waals surface area (Å²) in [6.45, 7) is 5.38. The molecule has 1 saturated heterocycles. The van der Waals surface area contributed by atoms with Crippen molar-refractivity contribution in [3.05, 3.63) is 72.3 Å². The first-order chi connectivity index (χ1) is 20.2. The van der Waals surface area contributed by atoms with Gasteiger partial charge in [-0.3, -0.25) is 4.79 Å². The van der Waals surface area contributed by atoms with Gasteiger partial charge in [0.15, 0.2) is 12.3 Å². The molecule has 2 aliphatic rings. The van der Waals surface area contributed by atoms with Crippen LogP contribution in [0.4, 0.5) is 4.79 Å². The number of carbonyl (C=O) groups excluding carboxylic acids is 3. The number of ether oxygens (including phenoxy) is 4. The van der Waals surface area contributed by atoms with Gasteiger partial charge in [-0.05, 0) is 29.2 Å².